The average molecular weight is 284 g/mol. The number of hydrogen-bond acceptors (Lipinski definition) is 2. The third kappa shape index (κ3) is 2.51. The Hall–Kier alpha value is -1.13. The lowest BCUT2D eigenvalue weighted by Crippen LogP contribution is -2.13. The number of nitrogens with two attached hydrogens (primary N) is 1. The van der Waals surface area contributed by atoms with Crippen LogP contribution in [0.15, 0.2) is 45.7 Å². The van der Waals surface area contributed by atoms with Gasteiger partial charge in [-0.15, -0.1) is 0 Å². The molecule has 2 N–H and O–H groups in total. The van der Waals surface area contributed by atoms with Crippen LogP contribution in [0, 0.1) is 5.82 Å². The maximum Gasteiger partial charge on any atom is 0.173 e. The zero-order valence-corrected chi connectivity index (χ0v) is 10.1. The Bertz CT molecular complexity index is 483. The van der Waals surface area contributed by atoms with Gasteiger partial charge in [0.05, 0.1) is 6.26 Å². The van der Waals surface area contributed by atoms with Crippen LogP contribution in [0.2, 0.25) is 0 Å². The van der Waals surface area contributed by atoms with E-state index in [1.54, 1.807) is 12.3 Å². The first-order chi connectivity index (χ1) is 7.66. The van der Waals surface area contributed by atoms with Crippen molar-refractivity contribution in [1.82, 2.24) is 0 Å². The second-order valence-electron chi connectivity index (χ2n) is 3.59. The summed E-state index contributed by atoms with van der Waals surface area (Å²) in [7, 11) is 0. The van der Waals surface area contributed by atoms with Gasteiger partial charge in [0.25, 0.3) is 0 Å². The minimum Gasteiger partial charge on any atom is -0.457 e. The van der Waals surface area contributed by atoms with Crippen molar-refractivity contribution in [1.29, 1.82) is 0 Å². The highest BCUT2D eigenvalue weighted by Crippen LogP contribution is 2.25. The lowest BCUT2D eigenvalue weighted by Gasteiger charge is -2.10. The normalized spacial score (nSPS) is 12.7. The van der Waals surface area contributed by atoms with Crippen molar-refractivity contribution in [2.24, 2.45) is 5.73 Å². The van der Waals surface area contributed by atoms with Gasteiger partial charge in [-0.2, -0.15) is 0 Å². The molecule has 0 fully saturated rings. The maximum atomic E-state index is 13.0. The van der Waals surface area contributed by atoms with E-state index in [9.17, 15) is 4.39 Å². The predicted octanol–water partition coefficient (Wildman–Crippen LogP) is 3.42. The van der Waals surface area contributed by atoms with E-state index < -0.39 is 0 Å². The van der Waals surface area contributed by atoms with Crippen molar-refractivity contribution in [3.63, 3.8) is 0 Å². The van der Waals surface area contributed by atoms with Gasteiger partial charge in [0, 0.05) is 11.6 Å². The Morgan fingerprint density at radius 3 is 2.81 bits per heavy atom. The van der Waals surface area contributed by atoms with Crippen molar-refractivity contribution in [3.05, 3.63) is 58.2 Å². The molecule has 1 heterocycles. The van der Waals surface area contributed by atoms with E-state index in [0.717, 1.165) is 11.1 Å². The molecular formula is C12H11BrFNO. The summed E-state index contributed by atoms with van der Waals surface area (Å²) in [6.45, 7) is 0. The van der Waals surface area contributed by atoms with Crippen molar-refractivity contribution in [2.45, 2.75) is 12.5 Å². The zero-order valence-electron chi connectivity index (χ0n) is 8.49. The predicted molar refractivity (Wildman–Crippen MR) is 63.4 cm³/mol. The fraction of sp³-hybridized carbons (Fsp3) is 0.167. The van der Waals surface area contributed by atoms with Gasteiger partial charge >= 0.3 is 0 Å². The molecule has 84 valence electrons. The lowest BCUT2D eigenvalue weighted by molar-refractivity contribution is 0.530. The minimum absolute atomic E-state index is 0.199. The van der Waals surface area contributed by atoms with Gasteiger partial charge in [-0.3, -0.25) is 0 Å². The molecule has 0 amide bonds. The van der Waals surface area contributed by atoms with Crippen LogP contribution in [0.4, 0.5) is 4.39 Å². The molecule has 1 aromatic carbocycles. The van der Waals surface area contributed by atoms with Gasteiger partial charge in [0.2, 0.25) is 0 Å². The van der Waals surface area contributed by atoms with Gasteiger partial charge in [-0.25, -0.2) is 4.39 Å². The number of hydrogen-bond donors (Lipinski definition) is 1. The molecule has 0 spiro atoms. The Morgan fingerprint density at radius 1 is 1.38 bits per heavy atom. The highest BCUT2D eigenvalue weighted by atomic mass is 79.9. The van der Waals surface area contributed by atoms with E-state index in [2.05, 4.69) is 15.9 Å². The Balaban J connectivity index is 2.14. The molecule has 0 radical (unpaired) electrons. The van der Waals surface area contributed by atoms with Crippen LogP contribution >= 0.6 is 15.9 Å². The molecule has 2 rings (SSSR count). The van der Waals surface area contributed by atoms with Crippen LogP contribution in [-0.4, -0.2) is 0 Å². The van der Waals surface area contributed by atoms with E-state index >= 15 is 0 Å². The molecule has 0 aliphatic heterocycles. The molecule has 0 aliphatic carbocycles. The first-order valence-electron chi connectivity index (χ1n) is 4.89. The number of halogens is 2. The van der Waals surface area contributed by atoms with E-state index in [4.69, 9.17) is 10.2 Å². The number of rotatable bonds is 3. The molecule has 4 heteroatoms. The van der Waals surface area contributed by atoms with Crippen LogP contribution in [0.25, 0.3) is 0 Å². The van der Waals surface area contributed by atoms with Crippen molar-refractivity contribution >= 4 is 15.9 Å². The molecular weight excluding hydrogens is 273 g/mol. The molecule has 0 aliphatic rings. The SMILES string of the molecule is NC(Cc1cccc(F)c1)c1ccoc1Br. The van der Waals surface area contributed by atoms with Crippen LogP contribution in [-0.2, 0) is 6.42 Å². The summed E-state index contributed by atoms with van der Waals surface area (Å²) in [6.07, 6.45) is 2.15. The van der Waals surface area contributed by atoms with Gasteiger partial charge in [-0.1, -0.05) is 12.1 Å². The number of furan rings is 1. The second kappa shape index (κ2) is 4.80. The third-order valence-corrected chi connectivity index (χ3v) is 3.03. The Labute approximate surface area is 101 Å². The van der Waals surface area contributed by atoms with Crippen LogP contribution in [0.5, 0.6) is 0 Å². The summed E-state index contributed by atoms with van der Waals surface area (Å²) in [5.41, 5.74) is 7.78. The average Bonchev–Trinajstić information content (AvgIpc) is 2.64. The van der Waals surface area contributed by atoms with E-state index in [1.807, 2.05) is 12.1 Å². The van der Waals surface area contributed by atoms with Gasteiger partial charge < -0.3 is 10.2 Å². The monoisotopic (exact) mass is 283 g/mol. The third-order valence-electron chi connectivity index (χ3n) is 2.39. The molecule has 16 heavy (non-hydrogen) atoms. The first kappa shape index (κ1) is 11.4. The minimum atomic E-state index is -0.240. The van der Waals surface area contributed by atoms with Crippen molar-refractivity contribution in [3.8, 4) is 0 Å². The molecule has 1 atom stereocenters. The second-order valence-corrected chi connectivity index (χ2v) is 4.31. The summed E-state index contributed by atoms with van der Waals surface area (Å²) >= 11 is 3.27. The Morgan fingerprint density at radius 2 is 2.19 bits per heavy atom. The zero-order chi connectivity index (χ0) is 11.5. The molecule has 2 aromatic rings. The standard InChI is InChI=1S/C12H11BrFNO/c13-12-10(4-5-16-12)11(15)7-8-2-1-3-9(14)6-8/h1-6,11H,7,15H2. The first-order valence-corrected chi connectivity index (χ1v) is 5.69. The lowest BCUT2D eigenvalue weighted by atomic mass is 10.0. The number of benzene rings is 1. The summed E-state index contributed by atoms with van der Waals surface area (Å²) in [4.78, 5) is 0. The largest absolute Gasteiger partial charge is 0.457 e. The van der Waals surface area contributed by atoms with E-state index in [1.165, 1.54) is 12.1 Å². The van der Waals surface area contributed by atoms with Gasteiger partial charge in [0.15, 0.2) is 4.67 Å². The maximum absolute atomic E-state index is 13.0. The fourth-order valence-electron chi connectivity index (χ4n) is 1.60. The summed E-state index contributed by atoms with van der Waals surface area (Å²) in [5.74, 6) is -0.240. The molecule has 0 saturated heterocycles. The van der Waals surface area contributed by atoms with Crippen molar-refractivity contribution in [2.75, 3.05) is 0 Å². The quantitative estimate of drug-likeness (QED) is 0.938. The smallest absolute Gasteiger partial charge is 0.173 e. The molecule has 2 nitrogen and oxygen atoms in total. The topological polar surface area (TPSA) is 39.2 Å². The van der Waals surface area contributed by atoms with Crippen molar-refractivity contribution < 1.29 is 8.81 Å². The highest BCUT2D eigenvalue weighted by Gasteiger charge is 2.13. The summed E-state index contributed by atoms with van der Waals surface area (Å²) in [6, 6.07) is 8.07. The van der Waals surface area contributed by atoms with Crippen LogP contribution in [0.3, 0.4) is 0 Å². The highest BCUT2D eigenvalue weighted by molar-refractivity contribution is 9.10. The molecule has 0 saturated carbocycles. The van der Waals surface area contributed by atoms with Gasteiger partial charge in [0.1, 0.15) is 5.82 Å². The Kier molecular flexibility index (Phi) is 3.41. The summed E-state index contributed by atoms with van der Waals surface area (Å²) < 4.78 is 18.7. The molecule has 0 bridgehead atoms. The fourth-order valence-corrected chi connectivity index (χ4v) is 2.13. The van der Waals surface area contributed by atoms with Crippen LogP contribution in [0.1, 0.15) is 17.2 Å². The van der Waals surface area contributed by atoms with E-state index in [-0.39, 0.29) is 11.9 Å². The molecule has 1 aromatic heterocycles. The van der Waals surface area contributed by atoms with E-state index in [0.29, 0.717) is 11.1 Å². The van der Waals surface area contributed by atoms with Crippen LogP contribution < -0.4 is 5.73 Å². The van der Waals surface area contributed by atoms with Gasteiger partial charge in [-0.05, 0) is 46.1 Å². The summed E-state index contributed by atoms with van der Waals surface area (Å²) in [5, 5.41) is 0. The molecule has 1 unspecified atom stereocenters.